The van der Waals surface area contributed by atoms with Crippen LogP contribution >= 0.6 is 0 Å². The number of aryl methyl sites for hydroxylation is 2. The number of rotatable bonds is 12. The fraction of sp³-hybridized carbons (Fsp3) is 0.404. The van der Waals surface area contributed by atoms with E-state index < -0.39 is 0 Å². The molecule has 0 saturated carbocycles. The Morgan fingerprint density at radius 3 is 1.42 bits per heavy atom. The van der Waals surface area contributed by atoms with E-state index in [9.17, 15) is 0 Å². The summed E-state index contributed by atoms with van der Waals surface area (Å²) in [5.74, 6) is 1.82. The van der Waals surface area contributed by atoms with E-state index in [1.165, 1.54) is 27.8 Å². The second-order valence-electron chi connectivity index (χ2n) is 15.2. The Morgan fingerprint density at radius 2 is 0.950 bits per heavy atom. The number of benzene rings is 4. The van der Waals surface area contributed by atoms with Crippen LogP contribution in [-0.2, 0) is 18.9 Å². The minimum Gasteiger partial charge on any atom is -0.462 e. The molecule has 5 heterocycles. The van der Waals surface area contributed by atoms with Gasteiger partial charge in [0.05, 0.1) is 57.3 Å². The molecule has 9 rings (SSSR count). The van der Waals surface area contributed by atoms with Crippen molar-refractivity contribution in [2.24, 2.45) is 0 Å². The molecule has 0 aliphatic carbocycles. The molecule has 0 unspecified atom stereocenters. The molecule has 0 N–H and O–H groups in total. The van der Waals surface area contributed by atoms with E-state index in [1.807, 2.05) is 6.07 Å². The number of aromatic nitrogens is 4. The highest BCUT2D eigenvalue weighted by Crippen LogP contribution is 2.33. The van der Waals surface area contributed by atoms with Crippen molar-refractivity contribution in [3.8, 4) is 34.3 Å². The van der Waals surface area contributed by atoms with Gasteiger partial charge >= 0.3 is 12.0 Å². The number of fused-ring (bicyclic) bond motifs is 2. The number of anilines is 2. The Balaban J connectivity index is 0.000000168. The van der Waals surface area contributed by atoms with Gasteiger partial charge in [-0.2, -0.15) is 19.9 Å². The van der Waals surface area contributed by atoms with Crippen LogP contribution in [0.5, 0.6) is 12.0 Å². The van der Waals surface area contributed by atoms with Crippen LogP contribution in [0, 0.1) is 13.8 Å². The molecule has 0 radical (unpaired) electrons. The van der Waals surface area contributed by atoms with E-state index in [4.69, 9.17) is 43.4 Å². The van der Waals surface area contributed by atoms with Crippen LogP contribution in [0.3, 0.4) is 0 Å². The highest BCUT2D eigenvalue weighted by atomic mass is 16.5. The first-order valence-corrected chi connectivity index (χ1v) is 21.0. The normalized spacial score (nSPS) is 16.1. The summed E-state index contributed by atoms with van der Waals surface area (Å²) in [4.78, 5) is 25.8. The van der Waals surface area contributed by atoms with E-state index in [0.717, 1.165) is 98.0 Å². The van der Waals surface area contributed by atoms with E-state index >= 15 is 0 Å². The summed E-state index contributed by atoms with van der Waals surface area (Å²) in [6, 6.07) is 30.6. The third-order valence-corrected chi connectivity index (χ3v) is 10.9. The lowest BCUT2D eigenvalue weighted by Crippen LogP contribution is -2.39. The van der Waals surface area contributed by atoms with Crippen molar-refractivity contribution < 1.29 is 28.4 Å². The van der Waals surface area contributed by atoms with Gasteiger partial charge in [0, 0.05) is 63.7 Å². The SMILES string of the molecule is COCCOc1nc(N2CCOCC2)c2cc(-c3cccc(C)c3)ccc2n1.Cc1cccc(-c2ccc3nc(OCCN4CCOCC4)nc(N4CCOCC4)c3c2)c1. The monoisotopic (exact) mass is 813 g/mol. The molecule has 6 aromatic rings. The van der Waals surface area contributed by atoms with Crippen molar-refractivity contribution >= 4 is 33.4 Å². The van der Waals surface area contributed by atoms with Crippen LogP contribution < -0.4 is 19.3 Å². The second kappa shape index (κ2) is 20.2. The summed E-state index contributed by atoms with van der Waals surface area (Å²) in [5.41, 5.74) is 8.98. The molecule has 3 saturated heterocycles. The number of morpholine rings is 3. The molecule has 0 amide bonds. The highest BCUT2D eigenvalue weighted by Gasteiger charge is 2.21. The Bertz CT molecular complexity index is 2340. The van der Waals surface area contributed by atoms with Crippen LogP contribution in [0.15, 0.2) is 84.9 Å². The number of nitrogens with zero attached hydrogens (tertiary/aromatic N) is 7. The first-order valence-electron chi connectivity index (χ1n) is 21.0. The van der Waals surface area contributed by atoms with Crippen LogP contribution in [-0.4, -0.2) is 137 Å². The van der Waals surface area contributed by atoms with Crippen LogP contribution in [0.25, 0.3) is 44.1 Å². The van der Waals surface area contributed by atoms with Crippen molar-refractivity contribution in [1.29, 1.82) is 0 Å². The second-order valence-corrected chi connectivity index (χ2v) is 15.2. The first kappa shape index (κ1) is 41.3. The van der Waals surface area contributed by atoms with Gasteiger partial charge in [-0.3, -0.25) is 4.90 Å². The van der Waals surface area contributed by atoms with Gasteiger partial charge in [0.25, 0.3) is 0 Å². The van der Waals surface area contributed by atoms with Gasteiger partial charge in [0.1, 0.15) is 24.8 Å². The molecule has 13 nitrogen and oxygen atoms in total. The van der Waals surface area contributed by atoms with Crippen molar-refractivity contribution in [3.05, 3.63) is 96.1 Å². The number of methoxy groups -OCH3 is 1. The van der Waals surface area contributed by atoms with Crippen molar-refractivity contribution in [2.75, 3.05) is 122 Å². The molecule has 2 aromatic heterocycles. The average molecular weight is 814 g/mol. The van der Waals surface area contributed by atoms with Crippen molar-refractivity contribution in [1.82, 2.24) is 24.8 Å². The fourth-order valence-electron chi connectivity index (χ4n) is 7.66. The minimum absolute atomic E-state index is 0.384. The van der Waals surface area contributed by atoms with Crippen molar-refractivity contribution in [2.45, 2.75) is 13.8 Å². The van der Waals surface area contributed by atoms with Gasteiger partial charge < -0.3 is 38.2 Å². The highest BCUT2D eigenvalue weighted by molar-refractivity contribution is 5.94. The number of hydrogen-bond acceptors (Lipinski definition) is 13. The molecular weight excluding hydrogens is 759 g/mol. The smallest absolute Gasteiger partial charge is 0.319 e. The number of ether oxygens (including phenoxy) is 6. The molecule has 13 heteroatoms. The zero-order chi connectivity index (χ0) is 41.1. The number of hydrogen-bond donors (Lipinski definition) is 0. The lowest BCUT2D eigenvalue weighted by molar-refractivity contribution is 0.0317. The molecule has 4 aromatic carbocycles. The van der Waals surface area contributed by atoms with Crippen molar-refractivity contribution in [3.63, 3.8) is 0 Å². The quantitative estimate of drug-likeness (QED) is 0.123. The molecule has 3 fully saturated rings. The standard InChI is InChI=1S/C25H30N4O3.C22H25N3O3/c1-19-3-2-4-20(17-19)21-5-6-23-22(18-21)24(29-10-14-31-15-11-29)27-25(26-23)32-16-9-28-7-12-30-13-8-28;1-16-4-3-5-17(14-16)18-6-7-20-19(15-18)21(25-8-10-27-11-9-25)24-22(23-20)28-13-12-26-2/h2-6,17-18H,7-16H2,1H3;3-7,14-15H,8-13H2,1-2H3. The van der Waals surface area contributed by atoms with Gasteiger partial charge in [-0.05, 0) is 60.4 Å². The van der Waals surface area contributed by atoms with Gasteiger partial charge in [0.15, 0.2) is 0 Å². The molecule has 60 heavy (non-hydrogen) atoms. The largest absolute Gasteiger partial charge is 0.462 e. The van der Waals surface area contributed by atoms with Crippen LogP contribution in [0.4, 0.5) is 11.6 Å². The first-order chi connectivity index (χ1) is 29.5. The molecule has 0 spiro atoms. The maximum Gasteiger partial charge on any atom is 0.319 e. The fourth-order valence-corrected chi connectivity index (χ4v) is 7.66. The Hall–Kier alpha value is -5.44. The van der Waals surface area contributed by atoms with Crippen LogP contribution in [0.2, 0.25) is 0 Å². The summed E-state index contributed by atoms with van der Waals surface area (Å²) in [6.07, 6.45) is 0. The molecular formula is C47H55N7O6. The Labute approximate surface area is 352 Å². The molecule has 3 aliphatic heterocycles. The van der Waals surface area contributed by atoms with Gasteiger partial charge in [-0.15, -0.1) is 0 Å². The van der Waals surface area contributed by atoms with Crippen LogP contribution in [0.1, 0.15) is 11.1 Å². The Kier molecular flexibility index (Phi) is 13.9. The topological polar surface area (TPSA) is 117 Å². The molecule has 3 aliphatic rings. The third kappa shape index (κ3) is 10.5. The third-order valence-electron chi connectivity index (χ3n) is 10.9. The summed E-state index contributed by atoms with van der Waals surface area (Å²) < 4.78 is 33.3. The molecule has 0 atom stereocenters. The summed E-state index contributed by atoms with van der Waals surface area (Å²) in [7, 11) is 1.65. The van der Waals surface area contributed by atoms with Gasteiger partial charge in [-0.1, -0.05) is 71.8 Å². The predicted octanol–water partition coefficient (Wildman–Crippen LogP) is 6.62. The predicted molar refractivity (Wildman–Crippen MR) is 236 cm³/mol. The lowest BCUT2D eigenvalue weighted by Gasteiger charge is -2.29. The summed E-state index contributed by atoms with van der Waals surface area (Å²) in [5, 5.41) is 2.08. The molecule has 314 valence electrons. The van der Waals surface area contributed by atoms with E-state index in [-0.39, 0.29) is 0 Å². The van der Waals surface area contributed by atoms with E-state index in [2.05, 4.69) is 112 Å². The minimum atomic E-state index is 0.384. The van der Waals surface area contributed by atoms with E-state index in [1.54, 1.807) is 7.11 Å². The summed E-state index contributed by atoms with van der Waals surface area (Å²) >= 11 is 0. The average Bonchev–Trinajstić information content (AvgIpc) is 3.29. The molecule has 0 bridgehead atoms. The zero-order valence-electron chi connectivity index (χ0n) is 35.0. The lowest BCUT2D eigenvalue weighted by atomic mass is 10.0. The summed E-state index contributed by atoms with van der Waals surface area (Å²) in [6.45, 7) is 16.1. The van der Waals surface area contributed by atoms with Gasteiger partial charge in [0.2, 0.25) is 0 Å². The maximum absolute atomic E-state index is 6.02. The maximum atomic E-state index is 6.02. The van der Waals surface area contributed by atoms with E-state index in [0.29, 0.717) is 58.3 Å². The Morgan fingerprint density at radius 1 is 0.500 bits per heavy atom. The zero-order valence-corrected chi connectivity index (χ0v) is 35.0. The van der Waals surface area contributed by atoms with Gasteiger partial charge in [-0.25, -0.2) is 0 Å².